The van der Waals surface area contributed by atoms with Gasteiger partial charge in [-0.15, -0.1) is 0 Å². The van der Waals surface area contributed by atoms with Crippen molar-refractivity contribution in [2.45, 2.75) is 6.92 Å². The minimum atomic E-state index is 0.0400. The molecule has 28 heavy (non-hydrogen) atoms. The molecule has 0 radical (unpaired) electrons. The van der Waals surface area contributed by atoms with Gasteiger partial charge in [0.15, 0.2) is 11.5 Å². The molecule has 1 heterocycles. The summed E-state index contributed by atoms with van der Waals surface area (Å²) in [5.41, 5.74) is 2.52. The number of hydrogen-bond donors (Lipinski definition) is 2. The zero-order valence-electron chi connectivity index (χ0n) is 15.5. The van der Waals surface area contributed by atoms with Crippen molar-refractivity contribution < 1.29 is 14.6 Å². The number of para-hydroxylation sites is 1. The summed E-state index contributed by atoms with van der Waals surface area (Å²) in [5.74, 6) is 2.58. The molecule has 140 valence electrons. The molecule has 6 nitrogen and oxygen atoms in total. The summed E-state index contributed by atoms with van der Waals surface area (Å²) in [7, 11) is 1.51. The van der Waals surface area contributed by atoms with E-state index in [0.29, 0.717) is 17.1 Å². The molecule has 0 spiro atoms. The van der Waals surface area contributed by atoms with Gasteiger partial charge in [-0.3, -0.25) is 0 Å². The quantitative estimate of drug-likeness (QED) is 0.501. The lowest BCUT2D eigenvalue weighted by Gasteiger charge is -2.13. The fourth-order valence-corrected chi connectivity index (χ4v) is 2.93. The molecule has 0 saturated carbocycles. The average Bonchev–Trinajstić information content (AvgIpc) is 2.70. The number of rotatable bonds is 5. The number of ether oxygens (including phenoxy) is 2. The van der Waals surface area contributed by atoms with Gasteiger partial charge in [0, 0.05) is 17.1 Å². The molecule has 0 aliphatic rings. The van der Waals surface area contributed by atoms with Crippen LogP contribution >= 0.6 is 0 Å². The van der Waals surface area contributed by atoms with Crippen molar-refractivity contribution in [2.75, 3.05) is 12.4 Å². The van der Waals surface area contributed by atoms with Crippen LogP contribution in [0.5, 0.6) is 23.0 Å². The summed E-state index contributed by atoms with van der Waals surface area (Å²) < 4.78 is 11.1. The normalized spacial score (nSPS) is 10.6. The Morgan fingerprint density at radius 1 is 0.929 bits per heavy atom. The summed E-state index contributed by atoms with van der Waals surface area (Å²) in [6.07, 6.45) is 1.46. The standard InChI is InChI=1S/C22H19N3O3/c1-14-10-16(28-15-6-4-3-5-7-15)8-9-18(14)25-22-17-11-21(27-2)20(26)12-19(17)23-13-24-22/h3-13,26H,1-2H3,(H,23,24,25). The molecule has 0 aliphatic carbocycles. The molecule has 1 aromatic heterocycles. The van der Waals surface area contributed by atoms with Crippen molar-refractivity contribution in [3.63, 3.8) is 0 Å². The van der Waals surface area contributed by atoms with Crippen LogP contribution < -0.4 is 14.8 Å². The molecule has 4 rings (SSSR count). The van der Waals surface area contributed by atoms with Crippen LogP contribution in [-0.2, 0) is 0 Å². The van der Waals surface area contributed by atoms with E-state index in [1.807, 2.05) is 55.5 Å². The van der Waals surface area contributed by atoms with Gasteiger partial charge in [-0.2, -0.15) is 0 Å². The van der Waals surface area contributed by atoms with Crippen LogP contribution in [0.15, 0.2) is 67.0 Å². The molecule has 0 saturated heterocycles. The molecule has 0 fully saturated rings. The Hall–Kier alpha value is -3.80. The number of fused-ring (bicyclic) bond motifs is 1. The van der Waals surface area contributed by atoms with E-state index in [4.69, 9.17) is 9.47 Å². The second kappa shape index (κ2) is 7.44. The van der Waals surface area contributed by atoms with Gasteiger partial charge in [0.25, 0.3) is 0 Å². The van der Waals surface area contributed by atoms with Crippen LogP contribution in [0.3, 0.4) is 0 Å². The maximum Gasteiger partial charge on any atom is 0.161 e. The second-order valence-electron chi connectivity index (χ2n) is 6.28. The maximum atomic E-state index is 9.97. The Kier molecular flexibility index (Phi) is 4.68. The van der Waals surface area contributed by atoms with Crippen LogP contribution in [-0.4, -0.2) is 22.2 Å². The van der Waals surface area contributed by atoms with E-state index in [9.17, 15) is 5.11 Å². The number of aromatic nitrogens is 2. The first-order valence-corrected chi connectivity index (χ1v) is 8.76. The number of aromatic hydroxyl groups is 1. The van der Waals surface area contributed by atoms with E-state index < -0.39 is 0 Å². The highest BCUT2D eigenvalue weighted by Gasteiger charge is 2.11. The lowest BCUT2D eigenvalue weighted by atomic mass is 10.1. The first-order valence-electron chi connectivity index (χ1n) is 8.76. The minimum absolute atomic E-state index is 0.0400. The third-order valence-corrected chi connectivity index (χ3v) is 4.37. The van der Waals surface area contributed by atoms with Gasteiger partial charge < -0.3 is 19.9 Å². The smallest absolute Gasteiger partial charge is 0.161 e. The molecule has 4 aromatic rings. The lowest BCUT2D eigenvalue weighted by molar-refractivity contribution is 0.374. The summed E-state index contributed by atoms with van der Waals surface area (Å²) >= 11 is 0. The van der Waals surface area contributed by atoms with Gasteiger partial charge >= 0.3 is 0 Å². The van der Waals surface area contributed by atoms with Crippen molar-refractivity contribution >= 4 is 22.4 Å². The van der Waals surface area contributed by atoms with E-state index >= 15 is 0 Å². The Bertz CT molecular complexity index is 1130. The second-order valence-corrected chi connectivity index (χ2v) is 6.28. The number of benzene rings is 3. The van der Waals surface area contributed by atoms with Gasteiger partial charge in [-0.05, 0) is 48.9 Å². The molecule has 6 heteroatoms. The predicted octanol–water partition coefficient (Wildman–Crippen LogP) is 5.19. The largest absolute Gasteiger partial charge is 0.504 e. The predicted molar refractivity (Wildman–Crippen MR) is 109 cm³/mol. The van der Waals surface area contributed by atoms with Gasteiger partial charge in [0.2, 0.25) is 0 Å². The molecule has 0 amide bonds. The number of methoxy groups -OCH3 is 1. The molecule has 0 aliphatic heterocycles. The molecule has 0 atom stereocenters. The maximum absolute atomic E-state index is 9.97. The number of nitrogens with zero attached hydrogens (tertiary/aromatic N) is 2. The van der Waals surface area contributed by atoms with Gasteiger partial charge in [0.05, 0.1) is 12.6 Å². The van der Waals surface area contributed by atoms with Gasteiger partial charge in [0.1, 0.15) is 23.6 Å². The monoisotopic (exact) mass is 373 g/mol. The van der Waals surface area contributed by atoms with Crippen LogP contribution in [0.1, 0.15) is 5.56 Å². The third kappa shape index (κ3) is 3.53. The zero-order chi connectivity index (χ0) is 19.5. The van der Waals surface area contributed by atoms with Crippen LogP contribution in [0, 0.1) is 6.92 Å². The molecule has 0 bridgehead atoms. The number of anilines is 2. The number of hydrogen-bond acceptors (Lipinski definition) is 6. The number of aryl methyl sites for hydroxylation is 1. The minimum Gasteiger partial charge on any atom is -0.504 e. The van der Waals surface area contributed by atoms with Crippen molar-refractivity contribution in [3.8, 4) is 23.0 Å². The summed E-state index contributed by atoms with van der Waals surface area (Å²) in [4.78, 5) is 8.56. The Morgan fingerprint density at radius 3 is 2.50 bits per heavy atom. The molecule has 0 unspecified atom stereocenters. The fourth-order valence-electron chi connectivity index (χ4n) is 2.93. The van der Waals surface area contributed by atoms with Crippen molar-refractivity contribution in [3.05, 3.63) is 72.6 Å². The van der Waals surface area contributed by atoms with E-state index in [1.165, 1.54) is 13.4 Å². The first kappa shape index (κ1) is 17.6. The van der Waals surface area contributed by atoms with Crippen molar-refractivity contribution in [2.24, 2.45) is 0 Å². The fraction of sp³-hybridized carbons (Fsp3) is 0.0909. The summed E-state index contributed by atoms with van der Waals surface area (Å²) in [6.45, 7) is 2.00. The highest BCUT2D eigenvalue weighted by molar-refractivity contribution is 5.93. The van der Waals surface area contributed by atoms with E-state index in [1.54, 1.807) is 12.1 Å². The van der Waals surface area contributed by atoms with Crippen molar-refractivity contribution in [1.29, 1.82) is 0 Å². The van der Waals surface area contributed by atoms with Crippen LogP contribution in [0.4, 0.5) is 11.5 Å². The number of nitrogens with one attached hydrogen (secondary N) is 1. The number of phenolic OH excluding ortho intramolecular Hbond substituents is 1. The summed E-state index contributed by atoms with van der Waals surface area (Å²) in [6, 6.07) is 18.7. The topological polar surface area (TPSA) is 76.5 Å². The van der Waals surface area contributed by atoms with Crippen LogP contribution in [0.25, 0.3) is 10.9 Å². The van der Waals surface area contributed by atoms with Crippen LogP contribution in [0.2, 0.25) is 0 Å². The van der Waals surface area contributed by atoms with Crippen molar-refractivity contribution in [1.82, 2.24) is 9.97 Å². The van der Waals surface area contributed by atoms with E-state index in [2.05, 4.69) is 15.3 Å². The van der Waals surface area contributed by atoms with Gasteiger partial charge in [-0.25, -0.2) is 9.97 Å². The highest BCUT2D eigenvalue weighted by Crippen LogP contribution is 2.34. The Morgan fingerprint density at radius 2 is 1.75 bits per heavy atom. The van der Waals surface area contributed by atoms with Gasteiger partial charge in [-0.1, -0.05) is 18.2 Å². The highest BCUT2D eigenvalue weighted by atomic mass is 16.5. The molecular formula is C22H19N3O3. The molecular weight excluding hydrogens is 354 g/mol. The van der Waals surface area contributed by atoms with E-state index in [-0.39, 0.29) is 5.75 Å². The average molecular weight is 373 g/mol. The first-order chi connectivity index (χ1) is 13.6. The Balaban J connectivity index is 1.64. The lowest BCUT2D eigenvalue weighted by Crippen LogP contribution is -1.98. The summed E-state index contributed by atoms with van der Waals surface area (Å²) in [5, 5.41) is 14.0. The Labute approximate surface area is 162 Å². The van der Waals surface area contributed by atoms with E-state index in [0.717, 1.165) is 28.1 Å². The SMILES string of the molecule is COc1cc2c(Nc3ccc(Oc4ccccc4)cc3C)ncnc2cc1O. The zero-order valence-corrected chi connectivity index (χ0v) is 15.5. The molecule has 3 aromatic carbocycles. The number of phenols is 1. The third-order valence-electron chi connectivity index (χ3n) is 4.37. The molecule has 2 N–H and O–H groups in total.